The van der Waals surface area contributed by atoms with Crippen LogP contribution in [0.3, 0.4) is 0 Å². The summed E-state index contributed by atoms with van der Waals surface area (Å²) < 4.78 is 10.7. The number of carbonyl (C=O) groups is 1. The van der Waals surface area contributed by atoms with Gasteiger partial charge >= 0.3 is 5.97 Å². The Balaban J connectivity index is 2.37. The summed E-state index contributed by atoms with van der Waals surface area (Å²) in [6.07, 6.45) is 2.66. The van der Waals surface area contributed by atoms with Crippen LogP contribution in [0.1, 0.15) is 15.9 Å². The molecule has 6 heteroatoms. The first-order valence-corrected chi connectivity index (χ1v) is 5.78. The molecule has 104 valence electrons. The number of ether oxygens (including phenoxy) is 2. The van der Waals surface area contributed by atoms with Crippen molar-refractivity contribution in [3.63, 3.8) is 0 Å². The Morgan fingerprint density at radius 1 is 1.25 bits per heavy atom. The van der Waals surface area contributed by atoms with E-state index in [1.165, 1.54) is 25.6 Å². The Labute approximate surface area is 115 Å². The number of nitrogens with zero attached hydrogens (tertiary/aromatic N) is 1. The maximum atomic E-state index is 11.1. The van der Waals surface area contributed by atoms with Crippen LogP contribution < -0.4 is 9.47 Å². The molecule has 2 aromatic rings. The van der Waals surface area contributed by atoms with Gasteiger partial charge in [-0.15, -0.1) is 0 Å². The van der Waals surface area contributed by atoms with Gasteiger partial charge in [-0.05, 0) is 17.7 Å². The van der Waals surface area contributed by atoms with E-state index in [1.807, 2.05) is 0 Å². The van der Waals surface area contributed by atoms with Gasteiger partial charge in [0.15, 0.2) is 11.5 Å². The standard InChI is InChI=1S/C14H13NO5/c1-19-13-6-9(8-16)2-3-12(13)20-11-4-5-15-7-10(11)14(17)18/h2-7,16H,8H2,1H3,(H,17,18). The highest BCUT2D eigenvalue weighted by Gasteiger charge is 2.14. The van der Waals surface area contributed by atoms with Crippen LogP contribution >= 0.6 is 0 Å². The third-order valence-corrected chi connectivity index (χ3v) is 2.64. The molecule has 0 bridgehead atoms. The maximum absolute atomic E-state index is 11.1. The molecule has 2 rings (SSSR count). The average Bonchev–Trinajstić information content (AvgIpc) is 2.48. The molecule has 0 saturated heterocycles. The van der Waals surface area contributed by atoms with Crippen molar-refractivity contribution in [2.75, 3.05) is 7.11 Å². The second kappa shape index (κ2) is 6.03. The minimum absolute atomic E-state index is 0.0409. The van der Waals surface area contributed by atoms with Crippen molar-refractivity contribution in [2.24, 2.45) is 0 Å². The number of methoxy groups -OCH3 is 1. The number of hydrogen-bond donors (Lipinski definition) is 2. The highest BCUT2D eigenvalue weighted by atomic mass is 16.5. The van der Waals surface area contributed by atoms with Gasteiger partial charge in [0.1, 0.15) is 11.3 Å². The van der Waals surface area contributed by atoms with Crippen molar-refractivity contribution in [2.45, 2.75) is 6.61 Å². The highest BCUT2D eigenvalue weighted by Crippen LogP contribution is 2.33. The van der Waals surface area contributed by atoms with Crippen LogP contribution in [-0.2, 0) is 6.61 Å². The van der Waals surface area contributed by atoms with E-state index in [4.69, 9.17) is 19.7 Å². The number of aromatic carboxylic acids is 1. The molecular formula is C14H13NO5. The van der Waals surface area contributed by atoms with Crippen molar-refractivity contribution < 1.29 is 24.5 Å². The normalized spacial score (nSPS) is 10.1. The average molecular weight is 275 g/mol. The lowest BCUT2D eigenvalue weighted by molar-refractivity contribution is 0.0693. The second-order valence-corrected chi connectivity index (χ2v) is 3.92. The van der Waals surface area contributed by atoms with Crippen molar-refractivity contribution in [3.8, 4) is 17.2 Å². The number of aliphatic hydroxyl groups is 1. The lowest BCUT2D eigenvalue weighted by Crippen LogP contribution is -2.01. The number of pyridine rings is 1. The summed E-state index contributed by atoms with van der Waals surface area (Å²) in [5.41, 5.74) is 0.628. The Morgan fingerprint density at radius 2 is 2.05 bits per heavy atom. The van der Waals surface area contributed by atoms with E-state index in [1.54, 1.807) is 18.2 Å². The van der Waals surface area contributed by atoms with E-state index >= 15 is 0 Å². The van der Waals surface area contributed by atoms with Crippen LogP contribution in [0.4, 0.5) is 0 Å². The minimum Gasteiger partial charge on any atom is -0.493 e. The van der Waals surface area contributed by atoms with Crippen LogP contribution in [0, 0.1) is 0 Å². The molecule has 6 nitrogen and oxygen atoms in total. The monoisotopic (exact) mass is 275 g/mol. The van der Waals surface area contributed by atoms with Gasteiger partial charge in [-0.2, -0.15) is 0 Å². The predicted molar refractivity (Wildman–Crippen MR) is 70.2 cm³/mol. The van der Waals surface area contributed by atoms with Gasteiger partial charge in [-0.3, -0.25) is 4.98 Å². The molecule has 1 aromatic carbocycles. The van der Waals surface area contributed by atoms with E-state index < -0.39 is 5.97 Å². The molecule has 0 fully saturated rings. The predicted octanol–water partition coefficient (Wildman–Crippen LogP) is 2.07. The molecule has 0 amide bonds. The van der Waals surface area contributed by atoms with Gasteiger partial charge < -0.3 is 19.7 Å². The van der Waals surface area contributed by atoms with Crippen LogP contribution in [0.5, 0.6) is 17.2 Å². The molecule has 0 aliphatic rings. The van der Waals surface area contributed by atoms with Gasteiger partial charge in [0.25, 0.3) is 0 Å². The quantitative estimate of drug-likeness (QED) is 0.868. The Kier molecular flexibility index (Phi) is 4.17. The Morgan fingerprint density at radius 3 is 2.70 bits per heavy atom. The number of hydrogen-bond acceptors (Lipinski definition) is 5. The molecule has 0 spiro atoms. The van der Waals surface area contributed by atoms with Crippen molar-refractivity contribution in [1.29, 1.82) is 0 Å². The lowest BCUT2D eigenvalue weighted by atomic mass is 10.2. The zero-order chi connectivity index (χ0) is 14.5. The first kappa shape index (κ1) is 13.8. The molecular weight excluding hydrogens is 262 g/mol. The Bertz CT molecular complexity index is 627. The third kappa shape index (κ3) is 2.86. The summed E-state index contributed by atoms with van der Waals surface area (Å²) >= 11 is 0. The molecule has 1 heterocycles. The number of carboxylic acids is 1. The van der Waals surface area contributed by atoms with E-state index in [0.717, 1.165) is 0 Å². The van der Waals surface area contributed by atoms with Crippen LogP contribution in [0.2, 0.25) is 0 Å². The number of aromatic nitrogens is 1. The number of carboxylic acid groups (broad SMARTS) is 1. The first-order chi connectivity index (χ1) is 9.65. The number of aliphatic hydroxyl groups excluding tert-OH is 1. The van der Waals surface area contributed by atoms with E-state index in [9.17, 15) is 4.79 Å². The summed E-state index contributed by atoms with van der Waals surface area (Å²) in [5.74, 6) is -0.190. The SMILES string of the molecule is COc1cc(CO)ccc1Oc1ccncc1C(=O)O. The van der Waals surface area contributed by atoms with Crippen LogP contribution in [-0.4, -0.2) is 28.3 Å². The first-order valence-electron chi connectivity index (χ1n) is 5.78. The summed E-state index contributed by atoms with van der Waals surface area (Å²) in [5, 5.41) is 18.1. The smallest absolute Gasteiger partial charge is 0.341 e. The van der Waals surface area contributed by atoms with E-state index in [2.05, 4.69) is 4.98 Å². The van der Waals surface area contributed by atoms with Gasteiger partial charge in [0.2, 0.25) is 0 Å². The van der Waals surface area contributed by atoms with Crippen molar-refractivity contribution >= 4 is 5.97 Å². The molecule has 0 aliphatic carbocycles. The topological polar surface area (TPSA) is 88.9 Å². The molecule has 0 unspecified atom stereocenters. The van der Waals surface area contributed by atoms with Crippen LogP contribution in [0.25, 0.3) is 0 Å². The Hall–Kier alpha value is -2.60. The van der Waals surface area contributed by atoms with Gasteiger partial charge in [0.05, 0.1) is 13.7 Å². The highest BCUT2D eigenvalue weighted by molar-refractivity contribution is 5.90. The van der Waals surface area contributed by atoms with Gasteiger partial charge in [0, 0.05) is 18.5 Å². The summed E-state index contributed by atoms with van der Waals surface area (Å²) in [6, 6.07) is 6.36. The van der Waals surface area contributed by atoms with E-state index in [0.29, 0.717) is 17.1 Å². The van der Waals surface area contributed by atoms with E-state index in [-0.39, 0.29) is 17.9 Å². The maximum Gasteiger partial charge on any atom is 0.341 e. The molecule has 0 atom stereocenters. The summed E-state index contributed by atoms with van der Waals surface area (Å²) in [6.45, 7) is -0.119. The second-order valence-electron chi connectivity index (χ2n) is 3.92. The molecule has 0 radical (unpaired) electrons. The van der Waals surface area contributed by atoms with Crippen molar-refractivity contribution in [3.05, 3.63) is 47.8 Å². The lowest BCUT2D eigenvalue weighted by Gasteiger charge is -2.12. The number of rotatable bonds is 5. The zero-order valence-electron chi connectivity index (χ0n) is 10.7. The molecule has 1 aromatic heterocycles. The largest absolute Gasteiger partial charge is 0.493 e. The zero-order valence-corrected chi connectivity index (χ0v) is 10.7. The van der Waals surface area contributed by atoms with Gasteiger partial charge in [-0.1, -0.05) is 6.07 Å². The number of benzene rings is 1. The molecule has 20 heavy (non-hydrogen) atoms. The van der Waals surface area contributed by atoms with Crippen molar-refractivity contribution in [1.82, 2.24) is 4.98 Å². The van der Waals surface area contributed by atoms with Gasteiger partial charge in [-0.25, -0.2) is 4.79 Å². The molecule has 2 N–H and O–H groups in total. The fraction of sp³-hybridized carbons (Fsp3) is 0.143. The molecule has 0 saturated carbocycles. The minimum atomic E-state index is -1.13. The fourth-order valence-corrected chi connectivity index (χ4v) is 1.64. The summed E-state index contributed by atoms with van der Waals surface area (Å²) in [7, 11) is 1.47. The van der Waals surface area contributed by atoms with Crippen LogP contribution in [0.15, 0.2) is 36.7 Å². The fourth-order valence-electron chi connectivity index (χ4n) is 1.64. The molecule has 0 aliphatic heterocycles. The third-order valence-electron chi connectivity index (χ3n) is 2.64. The summed E-state index contributed by atoms with van der Waals surface area (Å²) in [4.78, 5) is 14.8.